The predicted octanol–water partition coefficient (Wildman–Crippen LogP) is 1.56. The molecule has 0 aliphatic carbocycles. The number of hydrogen-bond acceptors (Lipinski definition) is 3. The highest BCUT2D eigenvalue weighted by molar-refractivity contribution is 7.08. The van der Waals surface area contributed by atoms with Crippen molar-refractivity contribution in [2.45, 2.75) is 19.4 Å². The van der Waals surface area contributed by atoms with Crippen molar-refractivity contribution in [3.8, 4) is 0 Å². The number of aliphatic hydroxyl groups excluding tert-OH is 1. The van der Waals surface area contributed by atoms with Gasteiger partial charge in [0, 0.05) is 0 Å². The highest BCUT2D eigenvalue weighted by atomic mass is 32.1. The van der Waals surface area contributed by atoms with Crippen LogP contribution in [0, 0.1) is 6.92 Å². The van der Waals surface area contributed by atoms with E-state index in [1.54, 1.807) is 5.38 Å². The number of rotatable bonds is 3. The fourth-order valence-electron chi connectivity index (χ4n) is 0.987. The molecule has 1 atom stereocenters. The molecule has 0 amide bonds. The van der Waals surface area contributed by atoms with E-state index in [0.717, 1.165) is 11.1 Å². The molecule has 0 unspecified atom stereocenters. The van der Waals surface area contributed by atoms with Crippen LogP contribution in [0.25, 0.3) is 0 Å². The number of carbonyl (C=O) groups is 1. The van der Waals surface area contributed by atoms with Crippen LogP contribution < -0.4 is 0 Å². The molecule has 0 aliphatic heterocycles. The lowest BCUT2D eigenvalue weighted by atomic mass is 10.1. The third kappa shape index (κ3) is 2.06. The summed E-state index contributed by atoms with van der Waals surface area (Å²) in [6.45, 7) is 1.86. The van der Waals surface area contributed by atoms with Crippen LogP contribution in [-0.4, -0.2) is 16.2 Å². The molecule has 0 spiro atoms. The van der Waals surface area contributed by atoms with Gasteiger partial charge in [-0.3, -0.25) is 4.79 Å². The minimum atomic E-state index is -0.979. The molecule has 2 N–H and O–H groups in total. The predicted molar refractivity (Wildman–Crippen MR) is 46.3 cm³/mol. The Morgan fingerprint density at radius 1 is 1.67 bits per heavy atom. The van der Waals surface area contributed by atoms with Gasteiger partial charge in [0.25, 0.3) is 0 Å². The first-order valence-corrected chi connectivity index (χ1v) is 4.48. The molecule has 1 rings (SSSR count). The zero-order valence-electron chi connectivity index (χ0n) is 6.65. The second-order valence-corrected chi connectivity index (χ2v) is 3.37. The Morgan fingerprint density at radius 3 is 2.75 bits per heavy atom. The maximum atomic E-state index is 10.3. The average molecular weight is 186 g/mol. The van der Waals surface area contributed by atoms with Crippen molar-refractivity contribution in [3.63, 3.8) is 0 Å². The van der Waals surface area contributed by atoms with Gasteiger partial charge < -0.3 is 10.2 Å². The lowest BCUT2D eigenvalue weighted by molar-refractivity contribution is -0.139. The van der Waals surface area contributed by atoms with Gasteiger partial charge in [-0.2, -0.15) is 11.3 Å². The van der Waals surface area contributed by atoms with E-state index in [9.17, 15) is 9.90 Å². The van der Waals surface area contributed by atoms with Crippen LogP contribution in [-0.2, 0) is 4.79 Å². The Balaban J connectivity index is 2.71. The van der Waals surface area contributed by atoms with Gasteiger partial charge in [-0.25, -0.2) is 0 Å². The summed E-state index contributed by atoms with van der Waals surface area (Å²) in [5.41, 5.74) is 1.68. The van der Waals surface area contributed by atoms with Gasteiger partial charge in [-0.1, -0.05) is 0 Å². The quantitative estimate of drug-likeness (QED) is 0.753. The maximum absolute atomic E-state index is 10.3. The second-order valence-electron chi connectivity index (χ2n) is 2.62. The Labute approximate surface area is 74.3 Å². The van der Waals surface area contributed by atoms with E-state index in [0.29, 0.717) is 0 Å². The van der Waals surface area contributed by atoms with Crippen molar-refractivity contribution in [1.29, 1.82) is 0 Å². The number of carboxylic acids is 1. The summed E-state index contributed by atoms with van der Waals surface area (Å²) in [5.74, 6) is -0.979. The first kappa shape index (κ1) is 9.22. The maximum Gasteiger partial charge on any atom is 0.306 e. The summed E-state index contributed by atoms with van der Waals surface area (Å²) in [7, 11) is 0. The monoisotopic (exact) mass is 186 g/mol. The Bertz CT molecular complexity index is 280. The number of aliphatic carboxylic acids is 1. The van der Waals surface area contributed by atoms with E-state index in [4.69, 9.17) is 5.11 Å². The molecule has 0 aliphatic rings. The average Bonchev–Trinajstić information content (AvgIpc) is 2.33. The zero-order chi connectivity index (χ0) is 9.14. The van der Waals surface area contributed by atoms with Crippen LogP contribution in [0.2, 0.25) is 0 Å². The van der Waals surface area contributed by atoms with Gasteiger partial charge in [-0.15, -0.1) is 0 Å². The summed E-state index contributed by atoms with van der Waals surface area (Å²) in [4.78, 5) is 10.3. The zero-order valence-corrected chi connectivity index (χ0v) is 7.47. The molecule has 1 heterocycles. The fourth-order valence-corrected chi connectivity index (χ4v) is 1.88. The first-order valence-electron chi connectivity index (χ1n) is 3.54. The number of carboxylic acid groups (broad SMARTS) is 1. The molecule has 0 bridgehead atoms. The highest BCUT2D eigenvalue weighted by Gasteiger charge is 2.14. The Kier molecular flexibility index (Phi) is 2.83. The molecular formula is C8H10O3S. The lowest BCUT2D eigenvalue weighted by Crippen LogP contribution is -2.05. The number of aryl methyl sites for hydroxylation is 1. The van der Waals surface area contributed by atoms with Gasteiger partial charge in [0.15, 0.2) is 0 Å². The van der Waals surface area contributed by atoms with Gasteiger partial charge in [0.2, 0.25) is 0 Å². The van der Waals surface area contributed by atoms with Crippen LogP contribution in [0.15, 0.2) is 10.8 Å². The van der Waals surface area contributed by atoms with Crippen LogP contribution in [0.1, 0.15) is 23.7 Å². The minimum absolute atomic E-state index is 0.225. The lowest BCUT2D eigenvalue weighted by Gasteiger charge is -2.06. The second kappa shape index (κ2) is 3.69. The van der Waals surface area contributed by atoms with Gasteiger partial charge in [0.1, 0.15) is 0 Å². The standard InChI is InChI=1S/C8H10O3S/c1-5-3-12-4-6(5)7(9)2-8(10)11/h3-4,7,9H,2H2,1H3,(H,10,11)/t7-/m0/s1. The van der Waals surface area contributed by atoms with Gasteiger partial charge in [0.05, 0.1) is 12.5 Å². The van der Waals surface area contributed by atoms with Crippen LogP contribution in [0.3, 0.4) is 0 Å². The molecule has 4 heteroatoms. The van der Waals surface area contributed by atoms with E-state index in [-0.39, 0.29) is 6.42 Å². The van der Waals surface area contributed by atoms with Crippen LogP contribution >= 0.6 is 11.3 Å². The summed E-state index contributed by atoms with van der Waals surface area (Å²) in [5, 5.41) is 21.5. The van der Waals surface area contributed by atoms with E-state index in [1.807, 2.05) is 12.3 Å². The van der Waals surface area contributed by atoms with E-state index < -0.39 is 12.1 Å². The molecule has 66 valence electrons. The van der Waals surface area contributed by atoms with Crippen LogP contribution in [0.5, 0.6) is 0 Å². The molecule has 12 heavy (non-hydrogen) atoms. The molecule has 0 saturated carbocycles. The van der Waals surface area contributed by atoms with E-state index in [1.165, 1.54) is 11.3 Å². The molecule has 0 radical (unpaired) electrons. The first-order chi connectivity index (χ1) is 5.61. The van der Waals surface area contributed by atoms with E-state index in [2.05, 4.69) is 0 Å². The largest absolute Gasteiger partial charge is 0.481 e. The van der Waals surface area contributed by atoms with Gasteiger partial charge >= 0.3 is 5.97 Å². The topological polar surface area (TPSA) is 57.5 Å². The normalized spacial score (nSPS) is 12.8. The number of aliphatic hydroxyl groups is 1. The SMILES string of the molecule is Cc1cscc1[C@@H](O)CC(=O)O. The van der Waals surface area contributed by atoms with Crippen molar-refractivity contribution in [2.75, 3.05) is 0 Å². The van der Waals surface area contributed by atoms with E-state index >= 15 is 0 Å². The van der Waals surface area contributed by atoms with Crippen LogP contribution in [0.4, 0.5) is 0 Å². The summed E-state index contributed by atoms with van der Waals surface area (Å²) < 4.78 is 0. The summed E-state index contributed by atoms with van der Waals surface area (Å²) in [6, 6.07) is 0. The Hall–Kier alpha value is -0.870. The van der Waals surface area contributed by atoms with Crippen molar-refractivity contribution >= 4 is 17.3 Å². The molecule has 3 nitrogen and oxygen atoms in total. The molecular weight excluding hydrogens is 176 g/mol. The molecule has 0 fully saturated rings. The molecule has 0 saturated heterocycles. The molecule has 1 aromatic rings. The van der Waals surface area contributed by atoms with Crippen molar-refractivity contribution < 1.29 is 15.0 Å². The molecule has 0 aromatic carbocycles. The summed E-state index contributed by atoms with van der Waals surface area (Å²) >= 11 is 1.47. The van der Waals surface area contributed by atoms with Crippen molar-refractivity contribution in [3.05, 3.63) is 21.9 Å². The number of thiophene rings is 1. The van der Waals surface area contributed by atoms with Crippen molar-refractivity contribution in [2.24, 2.45) is 0 Å². The smallest absolute Gasteiger partial charge is 0.306 e. The number of hydrogen-bond donors (Lipinski definition) is 2. The minimum Gasteiger partial charge on any atom is -0.481 e. The van der Waals surface area contributed by atoms with Crippen molar-refractivity contribution in [1.82, 2.24) is 0 Å². The highest BCUT2D eigenvalue weighted by Crippen LogP contribution is 2.23. The molecule has 1 aromatic heterocycles. The Morgan fingerprint density at radius 2 is 2.33 bits per heavy atom. The summed E-state index contributed by atoms with van der Waals surface area (Å²) in [6.07, 6.45) is -1.09. The van der Waals surface area contributed by atoms with Gasteiger partial charge in [-0.05, 0) is 28.8 Å². The third-order valence-corrected chi connectivity index (χ3v) is 2.50. The fraction of sp³-hybridized carbons (Fsp3) is 0.375. The third-order valence-electron chi connectivity index (χ3n) is 1.62.